The maximum Gasteiger partial charge on any atom is 0.338 e. The molecule has 0 heterocycles. The molecule has 0 spiro atoms. The van der Waals surface area contributed by atoms with E-state index in [9.17, 15) is 17.6 Å². The highest BCUT2D eigenvalue weighted by atomic mass is 32.2. The number of hydrogen-bond donors (Lipinski definition) is 1. The van der Waals surface area contributed by atoms with E-state index in [1.165, 1.54) is 12.1 Å². The van der Waals surface area contributed by atoms with Crippen LogP contribution in [0.15, 0.2) is 18.2 Å². The van der Waals surface area contributed by atoms with Gasteiger partial charge in [0.15, 0.2) is 17.2 Å². The molecule has 136 valence electrons. The highest BCUT2D eigenvalue weighted by Crippen LogP contribution is 2.29. The molecule has 1 aromatic carbocycles. The van der Waals surface area contributed by atoms with Crippen molar-refractivity contribution in [3.8, 4) is 17.6 Å². The van der Waals surface area contributed by atoms with E-state index in [0.29, 0.717) is 5.92 Å². The van der Waals surface area contributed by atoms with Crippen molar-refractivity contribution in [2.75, 3.05) is 12.4 Å². The van der Waals surface area contributed by atoms with E-state index in [-0.39, 0.29) is 11.3 Å². The SMILES string of the molecule is CC(C)(C#CC1CC1)Oc1cc(C(=O)OCCS(=O)(=O)O)ccc1F. The van der Waals surface area contributed by atoms with Gasteiger partial charge in [0.2, 0.25) is 0 Å². The third-order valence-corrected chi connectivity index (χ3v) is 3.94. The fraction of sp³-hybridized carbons (Fsp3) is 0.471. The van der Waals surface area contributed by atoms with E-state index in [2.05, 4.69) is 11.8 Å². The van der Waals surface area contributed by atoms with Gasteiger partial charge >= 0.3 is 5.97 Å². The molecule has 0 amide bonds. The average molecular weight is 370 g/mol. The van der Waals surface area contributed by atoms with Crippen LogP contribution >= 0.6 is 0 Å². The molecule has 0 radical (unpaired) electrons. The van der Waals surface area contributed by atoms with Crippen LogP contribution < -0.4 is 4.74 Å². The Morgan fingerprint density at radius 2 is 2.08 bits per heavy atom. The molecule has 0 aliphatic heterocycles. The van der Waals surface area contributed by atoms with Crippen molar-refractivity contribution in [2.45, 2.75) is 32.3 Å². The van der Waals surface area contributed by atoms with Crippen LogP contribution in [0.3, 0.4) is 0 Å². The number of benzene rings is 1. The Balaban J connectivity index is 2.06. The zero-order valence-electron chi connectivity index (χ0n) is 13.9. The number of rotatable bonds is 6. The minimum atomic E-state index is -4.23. The highest BCUT2D eigenvalue weighted by molar-refractivity contribution is 7.85. The van der Waals surface area contributed by atoms with Crippen LogP contribution in [0.1, 0.15) is 37.0 Å². The average Bonchev–Trinajstić information content (AvgIpc) is 3.30. The number of esters is 1. The molecule has 1 aliphatic carbocycles. The van der Waals surface area contributed by atoms with E-state index in [1.807, 2.05) is 0 Å². The van der Waals surface area contributed by atoms with E-state index in [0.717, 1.165) is 18.9 Å². The van der Waals surface area contributed by atoms with Crippen molar-refractivity contribution in [3.05, 3.63) is 29.6 Å². The van der Waals surface area contributed by atoms with Crippen LogP contribution in [-0.2, 0) is 14.9 Å². The zero-order valence-corrected chi connectivity index (χ0v) is 14.7. The molecule has 1 aromatic rings. The summed E-state index contributed by atoms with van der Waals surface area (Å²) in [6.07, 6.45) is 2.12. The Bertz CT molecular complexity index is 815. The second-order valence-corrected chi connectivity index (χ2v) is 7.80. The van der Waals surface area contributed by atoms with Gasteiger partial charge in [0.05, 0.1) is 5.56 Å². The smallest absolute Gasteiger partial charge is 0.338 e. The maximum absolute atomic E-state index is 13.9. The maximum atomic E-state index is 13.9. The molecule has 0 aromatic heterocycles. The Hall–Kier alpha value is -2.11. The van der Waals surface area contributed by atoms with E-state index < -0.39 is 39.9 Å². The number of ether oxygens (including phenoxy) is 2. The number of carbonyl (C=O) groups is 1. The lowest BCUT2D eigenvalue weighted by Crippen LogP contribution is -2.26. The second-order valence-electron chi connectivity index (χ2n) is 6.22. The number of carbonyl (C=O) groups excluding carboxylic acids is 1. The van der Waals surface area contributed by atoms with Crippen molar-refractivity contribution in [3.63, 3.8) is 0 Å². The van der Waals surface area contributed by atoms with Gasteiger partial charge in [-0.15, -0.1) is 0 Å². The van der Waals surface area contributed by atoms with Gasteiger partial charge in [-0.25, -0.2) is 9.18 Å². The van der Waals surface area contributed by atoms with Gasteiger partial charge < -0.3 is 9.47 Å². The lowest BCUT2D eigenvalue weighted by Gasteiger charge is -2.21. The summed E-state index contributed by atoms with van der Waals surface area (Å²) >= 11 is 0. The van der Waals surface area contributed by atoms with Crippen LogP contribution in [0.5, 0.6) is 5.75 Å². The molecule has 0 unspecified atom stereocenters. The van der Waals surface area contributed by atoms with Gasteiger partial charge in [-0.1, -0.05) is 11.8 Å². The van der Waals surface area contributed by atoms with Crippen LogP contribution in [0.2, 0.25) is 0 Å². The highest BCUT2D eigenvalue weighted by Gasteiger charge is 2.23. The van der Waals surface area contributed by atoms with E-state index >= 15 is 0 Å². The first-order chi connectivity index (χ1) is 11.6. The Morgan fingerprint density at radius 1 is 1.40 bits per heavy atom. The molecule has 8 heteroatoms. The normalized spacial score (nSPS) is 14.4. The van der Waals surface area contributed by atoms with Gasteiger partial charge in [0, 0.05) is 5.92 Å². The summed E-state index contributed by atoms with van der Waals surface area (Å²) in [4.78, 5) is 11.9. The van der Waals surface area contributed by atoms with Crippen LogP contribution in [0.4, 0.5) is 4.39 Å². The minimum Gasteiger partial charge on any atom is -0.472 e. The van der Waals surface area contributed by atoms with Crippen molar-refractivity contribution in [1.82, 2.24) is 0 Å². The first-order valence-corrected chi connectivity index (χ1v) is 9.30. The molecule has 0 atom stereocenters. The molecular formula is C17H19FO6S. The first kappa shape index (κ1) is 19.2. The van der Waals surface area contributed by atoms with E-state index in [4.69, 9.17) is 14.0 Å². The fourth-order valence-corrected chi connectivity index (χ4v) is 2.13. The Kier molecular flexibility index (Phi) is 5.70. The summed E-state index contributed by atoms with van der Waals surface area (Å²) in [7, 11) is -4.23. The van der Waals surface area contributed by atoms with Crippen molar-refractivity contribution in [2.24, 2.45) is 5.92 Å². The molecule has 0 saturated heterocycles. The van der Waals surface area contributed by atoms with Crippen LogP contribution in [0.25, 0.3) is 0 Å². The third kappa shape index (κ3) is 6.72. The van der Waals surface area contributed by atoms with Gasteiger partial charge in [-0.3, -0.25) is 4.55 Å². The van der Waals surface area contributed by atoms with Crippen molar-refractivity contribution >= 4 is 16.1 Å². The Labute approximate surface area is 146 Å². The van der Waals surface area contributed by atoms with Gasteiger partial charge in [-0.05, 0) is 44.9 Å². The van der Waals surface area contributed by atoms with Crippen molar-refractivity contribution in [1.29, 1.82) is 0 Å². The van der Waals surface area contributed by atoms with Crippen LogP contribution in [-0.4, -0.2) is 36.9 Å². The summed E-state index contributed by atoms with van der Waals surface area (Å²) in [5.74, 6) is 3.99. The molecule has 6 nitrogen and oxygen atoms in total. The predicted molar refractivity (Wildman–Crippen MR) is 88.3 cm³/mol. The second kappa shape index (κ2) is 7.42. The lowest BCUT2D eigenvalue weighted by atomic mass is 10.1. The molecule has 2 rings (SSSR count). The van der Waals surface area contributed by atoms with Crippen molar-refractivity contribution < 1.29 is 31.6 Å². The summed E-state index contributed by atoms with van der Waals surface area (Å²) in [6, 6.07) is 3.42. The zero-order chi connectivity index (χ0) is 18.7. The molecule has 25 heavy (non-hydrogen) atoms. The van der Waals surface area contributed by atoms with Gasteiger partial charge in [0.25, 0.3) is 10.1 Å². The quantitative estimate of drug-likeness (QED) is 0.470. The first-order valence-electron chi connectivity index (χ1n) is 7.69. The number of halogens is 1. The molecule has 1 fully saturated rings. The van der Waals surface area contributed by atoms with Gasteiger partial charge in [0.1, 0.15) is 12.4 Å². The molecular weight excluding hydrogens is 351 g/mol. The molecule has 1 aliphatic rings. The largest absolute Gasteiger partial charge is 0.472 e. The van der Waals surface area contributed by atoms with Crippen LogP contribution in [0, 0.1) is 23.6 Å². The van der Waals surface area contributed by atoms with Gasteiger partial charge in [-0.2, -0.15) is 8.42 Å². The van der Waals surface area contributed by atoms with E-state index in [1.54, 1.807) is 13.8 Å². The standard InChI is InChI=1S/C17H19FO6S/c1-17(2,8-7-12-3-4-12)24-15-11-13(5-6-14(15)18)16(19)23-9-10-25(20,21)22/h5-6,11-12H,3-4,9-10H2,1-2H3,(H,20,21,22). The summed E-state index contributed by atoms with van der Waals surface area (Å²) in [5.41, 5.74) is -0.936. The molecule has 1 saturated carbocycles. The fourth-order valence-electron chi connectivity index (χ4n) is 1.84. The summed E-state index contributed by atoms with van der Waals surface area (Å²) in [5, 5.41) is 0. The summed E-state index contributed by atoms with van der Waals surface area (Å²) in [6.45, 7) is 2.88. The minimum absolute atomic E-state index is 0.00214. The monoisotopic (exact) mass is 370 g/mol. The predicted octanol–water partition coefficient (Wildman–Crippen LogP) is 2.44. The molecule has 0 bridgehead atoms. The Morgan fingerprint density at radius 3 is 2.68 bits per heavy atom. The summed E-state index contributed by atoms with van der Waals surface area (Å²) < 4.78 is 54.0. The topological polar surface area (TPSA) is 89.9 Å². The third-order valence-electron chi connectivity index (χ3n) is 3.26. The molecule has 1 N–H and O–H groups in total. The lowest BCUT2D eigenvalue weighted by molar-refractivity contribution is 0.0527. The number of hydrogen-bond acceptors (Lipinski definition) is 5.